The van der Waals surface area contributed by atoms with Crippen molar-refractivity contribution in [2.75, 3.05) is 13.1 Å². The molecule has 7 heteroatoms. The number of benzene rings is 2. The highest BCUT2D eigenvalue weighted by Gasteiger charge is 2.35. The van der Waals surface area contributed by atoms with Crippen molar-refractivity contribution in [1.82, 2.24) is 15.5 Å². The quantitative estimate of drug-likeness (QED) is 0.490. The van der Waals surface area contributed by atoms with Gasteiger partial charge in [0.25, 0.3) is 5.91 Å². The number of hydrogen-bond acceptors (Lipinski definition) is 5. The van der Waals surface area contributed by atoms with Crippen LogP contribution in [-0.4, -0.2) is 47.7 Å². The monoisotopic (exact) mass is 491 g/mol. The van der Waals surface area contributed by atoms with Crippen LogP contribution in [0.3, 0.4) is 0 Å². The number of fused-ring (bicyclic) bond motifs is 1. The fourth-order valence-electron chi connectivity index (χ4n) is 4.58. The molecule has 0 aliphatic carbocycles. The van der Waals surface area contributed by atoms with E-state index in [0.717, 1.165) is 28.6 Å². The molecule has 1 fully saturated rings. The van der Waals surface area contributed by atoms with Gasteiger partial charge >= 0.3 is 0 Å². The van der Waals surface area contributed by atoms with Crippen LogP contribution in [0.2, 0.25) is 0 Å². The molecule has 4 rings (SSSR count). The first kappa shape index (κ1) is 25.1. The predicted octanol–water partition coefficient (Wildman–Crippen LogP) is 4.40. The summed E-state index contributed by atoms with van der Waals surface area (Å²) in [6, 6.07) is 18.2. The van der Waals surface area contributed by atoms with E-state index in [0.29, 0.717) is 24.3 Å². The van der Waals surface area contributed by atoms with Crippen molar-refractivity contribution in [3.05, 3.63) is 71.1 Å². The lowest BCUT2D eigenvalue weighted by atomic mass is 9.99. The van der Waals surface area contributed by atoms with E-state index in [1.54, 1.807) is 4.90 Å². The molecule has 6 nitrogen and oxygen atoms in total. The Morgan fingerprint density at radius 2 is 1.86 bits per heavy atom. The minimum absolute atomic E-state index is 0.0194. The summed E-state index contributed by atoms with van der Waals surface area (Å²) in [5.41, 5.74) is 0.963. The van der Waals surface area contributed by atoms with E-state index in [9.17, 15) is 14.4 Å². The highest BCUT2D eigenvalue weighted by molar-refractivity contribution is 7.20. The molecule has 3 aromatic rings. The van der Waals surface area contributed by atoms with Crippen molar-refractivity contribution in [3.8, 4) is 0 Å². The first-order chi connectivity index (χ1) is 16.9. The molecule has 1 aliphatic rings. The summed E-state index contributed by atoms with van der Waals surface area (Å²) < 4.78 is 1.03. The molecule has 1 saturated heterocycles. The lowest BCUT2D eigenvalue weighted by Gasteiger charge is -2.34. The summed E-state index contributed by atoms with van der Waals surface area (Å²) in [5.74, 6) is -0.237. The average molecular weight is 492 g/mol. The van der Waals surface area contributed by atoms with Crippen LogP contribution in [0, 0.1) is 5.92 Å². The maximum absolute atomic E-state index is 14.0. The molecule has 0 saturated carbocycles. The molecule has 2 N–H and O–H groups in total. The van der Waals surface area contributed by atoms with Gasteiger partial charge in [0.2, 0.25) is 5.91 Å². The van der Waals surface area contributed by atoms with Crippen LogP contribution in [0.15, 0.2) is 60.7 Å². The third-order valence-corrected chi connectivity index (χ3v) is 7.43. The molecule has 0 radical (unpaired) electrons. The number of rotatable bonds is 8. The Bertz CT molecular complexity index is 1140. The van der Waals surface area contributed by atoms with E-state index >= 15 is 0 Å². The van der Waals surface area contributed by atoms with Crippen molar-refractivity contribution in [1.29, 1.82) is 0 Å². The second-order valence-corrected chi connectivity index (χ2v) is 10.6. The number of amides is 2. The van der Waals surface area contributed by atoms with Gasteiger partial charge in [-0.25, -0.2) is 0 Å². The van der Waals surface area contributed by atoms with E-state index in [1.165, 1.54) is 11.3 Å². The minimum atomic E-state index is -0.708. The number of thiophene rings is 1. The summed E-state index contributed by atoms with van der Waals surface area (Å²) in [6.45, 7) is 5.42. The summed E-state index contributed by atoms with van der Waals surface area (Å²) in [5, 5.41) is 7.18. The molecule has 184 valence electrons. The molecule has 2 aromatic carbocycles. The number of carbonyl (C=O) groups is 3. The molecular formula is C28H33N3O3S. The normalized spacial score (nSPS) is 17.2. The van der Waals surface area contributed by atoms with Crippen LogP contribution in [-0.2, 0) is 16.1 Å². The fourth-order valence-corrected chi connectivity index (χ4v) is 5.54. The van der Waals surface area contributed by atoms with Crippen molar-refractivity contribution in [2.45, 2.75) is 51.7 Å². The molecule has 0 bridgehead atoms. The van der Waals surface area contributed by atoms with Gasteiger partial charge in [0.05, 0.1) is 17.5 Å². The number of carbonyl (C=O) groups excluding carboxylic acids is 3. The molecule has 0 spiro atoms. The van der Waals surface area contributed by atoms with E-state index in [4.69, 9.17) is 0 Å². The zero-order chi connectivity index (χ0) is 24.8. The first-order valence-corrected chi connectivity index (χ1v) is 13.1. The van der Waals surface area contributed by atoms with Gasteiger partial charge in [-0.1, -0.05) is 62.4 Å². The Kier molecular flexibility index (Phi) is 8.31. The van der Waals surface area contributed by atoms with E-state index in [-0.39, 0.29) is 30.1 Å². The van der Waals surface area contributed by atoms with Crippen molar-refractivity contribution < 1.29 is 14.4 Å². The summed E-state index contributed by atoms with van der Waals surface area (Å²) >= 11 is 1.42. The van der Waals surface area contributed by atoms with Crippen LogP contribution in [0.25, 0.3) is 10.1 Å². The van der Waals surface area contributed by atoms with Crippen molar-refractivity contribution in [3.63, 3.8) is 0 Å². The Labute approximate surface area is 210 Å². The molecule has 2 heterocycles. The molecule has 2 amide bonds. The SMILES string of the molecule is CC(C)CC(NC(=O)c1cc2ccccc2s1)C(=O)N(Cc1ccccc1)[C@H]1CCCNCC1=O. The van der Waals surface area contributed by atoms with Gasteiger partial charge in [-0.05, 0) is 54.8 Å². The predicted molar refractivity (Wildman–Crippen MR) is 140 cm³/mol. The van der Waals surface area contributed by atoms with Crippen molar-refractivity contribution in [2.24, 2.45) is 5.92 Å². The number of nitrogens with zero attached hydrogens (tertiary/aromatic N) is 1. The van der Waals surface area contributed by atoms with E-state index < -0.39 is 12.1 Å². The molecule has 2 atom stereocenters. The van der Waals surface area contributed by atoms with Gasteiger partial charge in [-0.2, -0.15) is 0 Å². The number of ketones is 1. The van der Waals surface area contributed by atoms with Crippen molar-refractivity contribution >= 4 is 39.0 Å². The standard InChI is InChI=1S/C28H33N3O3S/c1-19(2)15-22(30-27(33)26-16-21-11-6-7-13-25(21)35-26)28(34)31(18-20-9-4-3-5-10-20)23-12-8-14-29-17-24(23)32/h3-7,9-11,13,16,19,22-23,29H,8,12,14-15,17-18H2,1-2H3,(H,30,33)/t22?,23-/m0/s1. The van der Waals surface area contributed by atoms with Crippen LogP contribution in [0.4, 0.5) is 0 Å². The highest BCUT2D eigenvalue weighted by atomic mass is 32.1. The molecule has 35 heavy (non-hydrogen) atoms. The van der Waals surface area contributed by atoms with E-state index in [1.807, 2.05) is 74.5 Å². The smallest absolute Gasteiger partial charge is 0.262 e. The van der Waals surface area contributed by atoms with Gasteiger partial charge in [0, 0.05) is 11.2 Å². The van der Waals surface area contributed by atoms with Crippen LogP contribution >= 0.6 is 11.3 Å². The average Bonchev–Trinajstić information content (AvgIpc) is 3.18. The third kappa shape index (κ3) is 6.35. The summed E-state index contributed by atoms with van der Waals surface area (Å²) in [6.07, 6.45) is 1.93. The molecule has 1 aromatic heterocycles. The van der Waals surface area contributed by atoms with Gasteiger partial charge in [0.15, 0.2) is 5.78 Å². The topological polar surface area (TPSA) is 78.5 Å². The van der Waals surface area contributed by atoms with Crippen LogP contribution in [0.1, 0.15) is 48.3 Å². The Morgan fingerprint density at radius 1 is 1.11 bits per heavy atom. The third-order valence-electron chi connectivity index (χ3n) is 6.32. The zero-order valence-electron chi connectivity index (χ0n) is 20.3. The molecular weight excluding hydrogens is 458 g/mol. The Hall–Kier alpha value is -3.03. The summed E-state index contributed by atoms with van der Waals surface area (Å²) in [4.78, 5) is 42.5. The first-order valence-electron chi connectivity index (χ1n) is 12.3. The number of Topliss-reactive ketones (excluding diaryl/α,β-unsaturated/α-hetero) is 1. The van der Waals surface area contributed by atoms with Gasteiger partial charge in [-0.15, -0.1) is 11.3 Å². The number of nitrogens with one attached hydrogen (secondary N) is 2. The second-order valence-electron chi connectivity index (χ2n) is 9.56. The Balaban J connectivity index is 1.61. The number of hydrogen-bond donors (Lipinski definition) is 2. The van der Waals surface area contributed by atoms with Crippen LogP contribution < -0.4 is 10.6 Å². The zero-order valence-corrected chi connectivity index (χ0v) is 21.1. The maximum Gasteiger partial charge on any atom is 0.262 e. The van der Waals surface area contributed by atoms with Gasteiger partial charge < -0.3 is 15.5 Å². The van der Waals surface area contributed by atoms with E-state index in [2.05, 4.69) is 10.6 Å². The lowest BCUT2D eigenvalue weighted by Crippen LogP contribution is -2.54. The van der Waals surface area contributed by atoms with Gasteiger partial charge in [0.1, 0.15) is 6.04 Å². The molecule has 1 unspecified atom stereocenters. The highest BCUT2D eigenvalue weighted by Crippen LogP contribution is 2.26. The fraction of sp³-hybridized carbons (Fsp3) is 0.393. The minimum Gasteiger partial charge on any atom is -0.340 e. The second kappa shape index (κ2) is 11.6. The lowest BCUT2D eigenvalue weighted by molar-refractivity contribution is -0.142. The Morgan fingerprint density at radius 3 is 2.60 bits per heavy atom. The largest absolute Gasteiger partial charge is 0.340 e. The van der Waals surface area contributed by atoms with Gasteiger partial charge in [-0.3, -0.25) is 14.4 Å². The maximum atomic E-state index is 14.0. The molecule has 1 aliphatic heterocycles. The van der Waals surface area contributed by atoms with Crippen LogP contribution in [0.5, 0.6) is 0 Å². The summed E-state index contributed by atoms with van der Waals surface area (Å²) in [7, 11) is 0.